The molecular formula is C35H42Cl2N4O5. The molecule has 0 aliphatic carbocycles. The molecule has 3 aromatic carbocycles. The first-order valence-electron chi connectivity index (χ1n) is 15.6. The highest BCUT2D eigenvalue weighted by Crippen LogP contribution is 2.32. The minimum absolute atomic E-state index is 0.136. The molecule has 11 heteroatoms. The zero-order valence-electron chi connectivity index (χ0n) is 26.1. The Bertz CT molecular complexity index is 1420. The van der Waals surface area contributed by atoms with Crippen LogP contribution in [0, 0.1) is 5.92 Å². The fourth-order valence-electron chi connectivity index (χ4n) is 5.71. The summed E-state index contributed by atoms with van der Waals surface area (Å²) in [7, 11) is 0. The number of benzene rings is 3. The van der Waals surface area contributed by atoms with Crippen molar-refractivity contribution in [2.45, 2.75) is 63.8 Å². The van der Waals surface area contributed by atoms with E-state index in [9.17, 15) is 19.5 Å². The van der Waals surface area contributed by atoms with Crippen LogP contribution < -0.4 is 20.7 Å². The van der Waals surface area contributed by atoms with Crippen molar-refractivity contribution in [3.05, 3.63) is 100 Å². The first-order chi connectivity index (χ1) is 22.1. The van der Waals surface area contributed by atoms with Crippen LogP contribution in [0.5, 0.6) is 5.75 Å². The SMILES string of the molecule is CC(C)[C@H](C(=O)N[C@H](Cc1ccccc1)C[C@@H](O)[C@@H](Cc1ccccc1)NC(=O)COc1c(Cl)cccc1Cl)N1CCCNC1=O. The van der Waals surface area contributed by atoms with Crippen LogP contribution in [0.1, 0.15) is 37.8 Å². The molecule has 0 saturated carbocycles. The van der Waals surface area contributed by atoms with Crippen LogP contribution in [0.3, 0.4) is 0 Å². The summed E-state index contributed by atoms with van der Waals surface area (Å²) in [5, 5.41) is 21.1. The molecule has 0 spiro atoms. The highest BCUT2D eigenvalue weighted by molar-refractivity contribution is 6.37. The molecule has 1 aliphatic rings. The van der Waals surface area contributed by atoms with E-state index in [-0.39, 0.29) is 46.7 Å². The Labute approximate surface area is 280 Å². The number of rotatable bonds is 15. The quantitative estimate of drug-likeness (QED) is 0.181. The van der Waals surface area contributed by atoms with Crippen LogP contribution in [-0.4, -0.2) is 71.8 Å². The van der Waals surface area contributed by atoms with Crippen molar-refractivity contribution in [3.63, 3.8) is 0 Å². The molecule has 46 heavy (non-hydrogen) atoms. The molecule has 4 rings (SSSR count). The Morgan fingerprint density at radius 2 is 1.52 bits per heavy atom. The van der Waals surface area contributed by atoms with Gasteiger partial charge in [0, 0.05) is 19.1 Å². The third kappa shape index (κ3) is 10.1. The molecule has 3 aromatic rings. The number of amides is 4. The molecule has 0 unspecified atom stereocenters. The van der Waals surface area contributed by atoms with Gasteiger partial charge in [-0.25, -0.2) is 4.79 Å². The van der Waals surface area contributed by atoms with Gasteiger partial charge in [0.05, 0.1) is 22.2 Å². The number of nitrogens with zero attached hydrogens (tertiary/aromatic N) is 1. The summed E-state index contributed by atoms with van der Waals surface area (Å²) in [6, 6.07) is 22.0. The average molecular weight is 670 g/mol. The van der Waals surface area contributed by atoms with E-state index in [2.05, 4.69) is 16.0 Å². The summed E-state index contributed by atoms with van der Waals surface area (Å²) < 4.78 is 5.64. The molecule has 9 nitrogen and oxygen atoms in total. The topological polar surface area (TPSA) is 120 Å². The molecule has 4 amide bonds. The lowest BCUT2D eigenvalue weighted by molar-refractivity contribution is -0.128. The second-order valence-corrected chi connectivity index (χ2v) is 12.7. The van der Waals surface area contributed by atoms with E-state index in [4.69, 9.17) is 27.9 Å². The van der Waals surface area contributed by atoms with Crippen molar-refractivity contribution in [2.24, 2.45) is 5.92 Å². The first kappa shape index (κ1) is 35.1. The second-order valence-electron chi connectivity index (χ2n) is 11.9. The van der Waals surface area contributed by atoms with E-state index in [1.165, 1.54) is 0 Å². The zero-order valence-corrected chi connectivity index (χ0v) is 27.6. The number of carbonyl (C=O) groups excluding carboxylic acids is 3. The molecule has 1 aliphatic heterocycles. The smallest absolute Gasteiger partial charge is 0.318 e. The number of hydrogen-bond acceptors (Lipinski definition) is 5. The second kappa shape index (κ2) is 17.2. The molecule has 1 fully saturated rings. The largest absolute Gasteiger partial charge is 0.481 e. The first-order valence-corrected chi connectivity index (χ1v) is 16.3. The summed E-state index contributed by atoms with van der Waals surface area (Å²) in [6.45, 7) is 4.53. The van der Waals surface area contributed by atoms with Crippen LogP contribution >= 0.6 is 23.2 Å². The van der Waals surface area contributed by atoms with E-state index in [1.54, 1.807) is 23.1 Å². The third-order valence-corrected chi connectivity index (χ3v) is 8.52. The van der Waals surface area contributed by atoms with E-state index in [0.29, 0.717) is 25.9 Å². The molecule has 0 radical (unpaired) electrons. The molecule has 1 saturated heterocycles. The van der Waals surface area contributed by atoms with Crippen LogP contribution in [0.4, 0.5) is 4.79 Å². The van der Waals surface area contributed by atoms with Crippen LogP contribution in [0.15, 0.2) is 78.9 Å². The number of para-hydroxylation sites is 1. The summed E-state index contributed by atoms with van der Waals surface area (Å²) in [6.07, 6.45) is 0.641. The lowest BCUT2D eigenvalue weighted by Crippen LogP contribution is -2.59. The number of halogens is 2. The van der Waals surface area contributed by atoms with Crippen molar-refractivity contribution in [2.75, 3.05) is 19.7 Å². The van der Waals surface area contributed by atoms with E-state index in [1.807, 2.05) is 74.5 Å². The van der Waals surface area contributed by atoms with Gasteiger partial charge in [0.25, 0.3) is 5.91 Å². The van der Waals surface area contributed by atoms with E-state index < -0.39 is 30.1 Å². The van der Waals surface area contributed by atoms with E-state index >= 15 is 0 Å². The summed E-state index contributed by atoms with van der Waals surface area (Å²) >= 11 is 12.4. The third-order valence-electron chi connectivity index (χ3n) is 7.92. The lowest BCUT2D eigenvalue weighted by atomic mass is 9.92. The maximum absolute atomic E-state index is 13.8. The number of nitrogens with one attached hydrogen (secondary N) is 3. The predicted octanol–water partition coefficient (Wildman–Crippen LogP) is 5.02. The average Bonchev–Trinajstić information content (AvgIpc) is 3.02. The highest BCUT2D eigenvalue weighted by atomic mass is 35.5. The molecule has 0 aromatic heterocycles. The number of ether oxygens (including phenoxy) is 1. The van der Waals surface area contributed by atoms with Crippen molar-refractivity contribution >= 4 is 41.0 Å². The number of hydrogen-bond donors (Lipinski definition) is 4. The van der Waals surface area contributed by atoms with Crippen LogP contribution in [0.25, 0.3) is 0 Å². The van der Waals surface area contributed by atoms with Gasteiger partial charge >= 0.3 is 6.03 Å². The van der Waals surface area contributed by atoms with Gasteiger partial charge < -0.3 is 30.7 Å². The van der Waals surface area contributed by atoms with Crippen molar-refractivity contribution in [1.29, 1.82) is 0 Å². The van der Waals surface area contributed by atoms with Crippen LogP contribution in [-0.2, 0) is 22.4 Å². The minimum Gasteiger partial charge on any atom is -0.481 e. The molecule has 1 heterocycles. The Hall–Kier alpha value is -3.79. The van der Waals surface area contributed by atoms with Crippen molar-refractivity contribution in [1.82, 2.24) is 20.9 Å². The number of aliphatic hydroxyl groups excluding tert-OH is 1. The predicted molar refractivity (Wildman–Crippen MR) is 180 cm³/mol. The van der Waals surface area contributed by atoms with Gasteiger partial charge in [-0.2, -0.15) is 0 Å². The maximum Gasteiger partial charge on any atom is 0.318 e. The van der Waals surface area contributed by atoms with Gasteiger partial charge in [-0.05, 0) is 54.9 Å². The molecule has 246 valence electrons. The lowest BCUT2D eigenvalue weighted by Gasteiger charge is -2.37. The number of aliphatic hydroxyl groups is 1. The molecule has 4 N–H and O–H groups in total. The van der Waals surface area contributed by atoms with Gasteiger partial charge in [-0.1, -0.05) is 104 Å². The standard InChI is InChI=1S/C35H42Cl2N4O5/c1-23(2)32(41-18-10-17-38-35(41)45)34(44)39-26(19-24-11-5-3-6-12-24)21-30(42)29(20-25-13-7-4-8-14-25)40-31(43)22-46-33-27(36)15-9-16-28(33)37/h3-9,11-16,23,26,29-30,32,42H,10,17-22H2,1-2H3,(H,38,45)(H,39,44)(H,40,43)/t26-,29-,30-,32-/m1/s1. The Morgan fingerprint density at radius 1 is 0.913 bits per heavy atom. The maximum atomic E-state index is 13.8. The highest BCUT2D eigenvalue weighted by Gasteiger charge is 2.35. The monoisotopic (exact) mass is 668 g/mol. The van der Waals surface area contributed by atoms with E-state index in [0.717, 1.165) is 17.5 Å². The van der Waals surface area contributed by atoms with Gasteiger partial charge in [0.2, 0.25) is 5.91 Å². The number of urea groups is 1. The van der Waals surface area contributed by atoms with Crippen molar-refractivity contribution in [3.8, 4) is 5.75 Å². The summed E-state index contributed by atoms with van der Waals surface area (Å²) in [5.74, 6) is -0.679. The normalized spacial score (nSPS) is 15.8. The molecule has 0 bridgehead atoms. The Balaban J connectivity index is 1.52. The van der Waals surface area contributed by atoms with Crippen LogP contribution in [0.2, 0.25) is 10.0 Å². The molecule has 4 atom stereocenters. The Kier molecular flexibility index (Phi) is 13.1. The summed E-state index contributed by atoms with van der Waals surface area (Å²) in [5.41, 5.74) is 1.90. The number of carbonyl (C=O) groups is 3. The fourth-order valence-corrected chi connectivity index (χ4v) is 6.22. The zero-order chi connectivity index (χ0) is 33.1. The van der Waals surface area contributed by atoms with Crippen molar-refractivity contribution < 1.29 is 24.2 Å². The minimum atomic E-state index is -1.04. The van der Waals surface area contributed by atoms with Gasteiger partial charge in [-0.3, -0.25) is 9.59 Å². The van der Waals surface area contributed by atoms with Gasteiger partial charge in [0.1, 0.15) is 6.04 Å². The fraction of sp³-hybridized carbons (Fsp3) is 0.400. The Morgan fingerprint density at radius 3 is 2.11 bits per heavy atom. The van der Waals surface area contributed by atoms with Gasteiger partial charge in [0.15, 0.2) is 12.4 Å². The summed E-state index contributed by atoms with van der Waals surface area (Å²) in [4.78, 5) is 41.2. The van der Waals surface area contributed by atoms with Gasteiger partial charge in [-0.15, -0.1) is 0 Å². The molecular weight excluding hydrogens is 627 g/mol.